The lowest BCUT2D eigenvalue weighted by Gasteiger charge is -2.21. The normalized spacial score (nSPS) is 13.5. The quantitative estimate of drug-likeness (QED) is 0.177. The molecule has 0 spiro atoms. The topological polar surface area (TPSA) is 147 Å². The van der Waals surface area contributed by atoms with Crippen molar-refractivity contribution in [2.45, 2.75) is 44.4 Å². The van der Waals surface area contributed by atoms with Crippen LogP contribution in [0.3, 0.4) is 0 Å². The molecule has 0 aliphatic rings. The number of carbonyl (C=O) groups is 2. The van der Waals surface area contributed by atoms with E-state index in [0.717, 1.165) is 24.2 Å². The van der Waals surface area contributed by atoms with E-state index in [1.54, 1.807) is 24.3 Å². The third-order valence-corrected chi connectivity index (χ3v) is 6.81. The number of rotatable bonds is 9. The molecule has 2 atom stereocenters. The van der Waals surface area contributed by atoms with Crippen molar-refractivity contribution in [1.82, 2.24) is 29.9 Å². The molecule has 0 saturated carbocycles. The molecular formula is C26H27BrCl2F2N6O4. The van der Waals surface area contributed by atoms with E-state index in [1.807, 2.05) is 0 Å². The lowest BCUT2D eigenvalue weighted by Crippen LogP contribution is -2.40. The van der Waals surface area contributed by atoms with Gasteiger partial charge in [-0.15, -0.1) is 0 Å². The van der Waals surface area contributed by atoms with Crippen LogP contribution in [0.5, 0.6) is 0 Å². The van der Waals surface area contributed by atoms with Crippen molar-refractivity contribution in [3.8, 4) is 0 Å². The zero-order chi connectivity index (χ0) is 30.6. The van der Waals surface area contributed by atoms with Crippen LogP contribution >= 0.6 is 39.1 Å². The van der Waals surface area contributed by atoms with E-state index in [9.17, 15) is 28.6 Å². The molecule has 0 fully saturated rings. The smallest absolute Gasteiger partial charge is 0.170 e. The number of Topliss-reactive ketones (excluding diaryl/α,β-unsaturated/α-hetero) is 2. The highest BCUT2D eigenvalue weighted by atomic mass is 79.9. The number of hydrogen-bond acceptors (Lipinski definition) is 8. The van der Waals surface area contributed by atoms with Crippen molar-refractivity contribution < 1.29 is 28.6 Å². The fourth-order valence-corrected chi connectivity index (χ4v) is 3.70. The zero-order valence-electron chi connectivity index (χ0n) is 21.9. The average molecular weight is 676 g/mol. The van der Waals surface area contributed by atoms with Gasteiger partial charge in [0.25, 0.3) is 0 Å². The van der Waals surface area contributed by atoms with Crippen LogP contribution in [0, 0.1) is 11.6 Å². The van der Waals surface area contributed by atoms with E-state index in [4.69, 9.17) is 23.2 Å². The molecule has 4 aromatic rings. The van der Waals surface area contributed by atoms with Crippen LogP contribution in [0.25, 0.3) is 0 Å². The summed E-state index contributed by atoms with van der Waals surface area (Å²) in [6, 6.07) is 6.52. The Morgan fingerprint density at radius 2 is 1.49 bits per heavy atom. The van der Waals surface area contributed by atoms with Crippen LogP contribution in [-0.4, -0.2) is 68.3 Å². The number of nitrogens with zero attached hydrogens (tertiary/aromatic N) is 5. The molecule has 41 heavy (non-hydrogen) atoms. The first-order chi connectivity index (χ1) is 19.2. The van der Waals surface area contributed by atoms with E-state index in [1.165, 1.54) is 37.1 Å². The minimum Gasteiger partial charge on any atom is -0.381 e. The van der Waals surface area contributed by atoms with Gasteiger partial charge in [0.05, 0.1) is 31.3 Å². The Bertz CT molecular complexity index is 1420. The molecule has 0 aliphatic carbocycles. The molecule has 220 valence electrons. The van der Waals surface area contributed by atoms with Crippen molar-refractivity contribution in [3.05, 3.63) is 94.5 Å². The predicted octanol–water partition coefficient (Wildman–Crippen LogP) is 4.17. The highest BCUT2D eigenvalue weighted by Gasteiger charge is 2.31. The number of halogens is 5. The molecular weight excluding hydrogens is 649 g/mol. The Morgan fingerprint density at radius 3 is 1.85 bits per heavy atom. The van der Waals surface area contributed by atoms with Crippen molar-refractivity contribution in [2.24, 2.45) is 0 Å². The monoisotopic (exact) mass is 674 g/mol. The summed E-state index contributed by atoms with van der Waals surface area (Å²) < 4.78 is 25.6. The molecule has 0 unspecified atom stereocenters. The highest BCUT2D eigenvalue weighted by molar-refractivity contribution is 9.09. The Hall–Kier alpha value is -3.10. The van der Waals surface area contributed by atoms with Crippen molar-refractivity contribution in [3.63, 3.8) is 0 Å². The third-order valence-electron chi connectivity index (χ3n) is 5.31. The SMILES string of the molecule is C[C@](O)(CBr)C(=O)Cc1ccnc(Cl)c1.C[C@](O)(Cn1cc(F)cn1)C(=O)Cc1ccnc(Cl)c1.Fc1cn[nH]c1. The Morgan fingerprint density at radius 1 is 0.951 bits per heavy atom. The fourth-order valence-electron chi connectivity index (χ4n) is 2.99. The van der Waals surface area contributed by atoms with Crippen molar-refractivity contribution in [1.29, 1.82) is 0 Å². The second-order valence-electron chi connectivity index (χ2n) is 9.13. The van der Waals surface area contributed by atoms with Gasteiger partial charge in [-0.05, 0) is 49.2 Å². The molecule has 0 aromatic carbocycles. The highest BCUT2D eigenvalue weighted by Crippen LogP contribution is 2.16. The fraction of sp³-hybridized carbons (Fsp3) is 0.308. The summed E-state index contributed by atoms with van der Waals surface area (Å²) in [6.07, 6.45) is 7.62. The van der Waals surface area contributed by atoms with Crippen LogP contribution in [0.15, 0.2) is 61.4 Å². The second-order valence-corrected chi connectivity index (χ2v) is 10.5. The summed E-state index contributed by atoms with van der Waals surface area (Å²) in [5, 5.41) is 30.0. The summed E-state index contributed by atoms with van der Waals surface area (Å²) in [5.74, 6) is -1.50. The Kier molecular flexibility index (Phi) is 13.1. The maximum Gasteiger partial charge on any atom is 0.170 e. The minimum absolute atomic E-state index is 0.0129. The van der Waals surface area contributed by atoms with Gasteiger partial charge in [-0.1, -0.05) is 39.1 Å². The number of alkyl halides is 1. The van der Waals surface area contributed by atoms with Crippen molar-refractivity contribution in [2.75, 3.05) is 5.33 Å². The molecule has 0 saturated heterocycles. The number of nitrogens with one attached hydrogen (secondary N) is 1. The summed E-state index contributed by atoms with van der Waals surface area (Å²) in [4.78, 5) is 31.4. The maximum atomic E-state index is 12.8. The largest absolute Gasteiger partial charge is 0.381 e. The number of pyridine rings is 2. The summed E-state index contributed by atoms with van der Waals surface area (Å²) >= 11 is 14.5. The van der Waals surface area contributed by atoms with Crippen LogP contribution in [0.1, 0.15) is 25.0 Å². The number of carbonyl (C=O) groups excluding carboxylic acids is 2. The third kappa shape index (κ3) is 12.1. The van der Waals surface area contributed by atoms with Gasteiger partial charge in [0.2, 0.25) is 0 Å². The van der Waals surface area contributed by atoms with Gasteiger partial charge >= 0.3 is 0 Å². The number of aromatic nitrogens is 6. The molecule has 4 rings (SSSR count). The van der Waals surface area contributed by atoms with E-state index in [2.05, 4.69) is 41.2 Å². The molecule has 0 radical (unpaired) electrons. The average Bonchev–Trinajstić information content (AvgIpc) is 3.54. The molecule has 4 heterocycles. The molecule has 0 amide bonds. The van der Waals surface area contributed by atoms with E-state index in [-0.39, 0.29) is 41.5 Å². The predicted molar refractivity (Wildman–Crippen MR) is 152 cm³/mol. The van der Waals surface area contributed by atoms with Crippen LogP contribution in [-0.2, 0) is 29.0 Å². The molecule has 4 aromatic heterocycles. The zero-order valence-corrected chi connectivity index (χ0v) is 25.0. The van der Waals surface area contributed by atoms with Gasteiger partial charge in [-0.2, -0.15) is 10.2 Å². The first-order valence-corrected chi connectivity index (χ1v) is 13.7. The minimum atomic E-state index is -1.64. The van der Waals surface area contributed by atoms with Crippen LogP contribution in [0.2, 0.25) is 10.3 Å². The van der Waals surface area contributed by atoms with Gasteiger partial charge in [-0.25, -0.2) is 18.7 Å². The molecule has 0 bridgehead atoms. The molecule has 15 heteroatoms. The lowest BCUT2D eigenvalue weighted by atomic mass is 9.95. The Balaban J connectivity index is 0.000000245. The standard InChI is InChI=1S/C13H13ClFN3O2.C10H11BrClNO2.C3H3FN2/c1-13(20,8-18-7-10(15)6-17-18)11(19)4-9-2-3-16-12(14)5-9;1-10(15,6-11)8(14)4-7-2-3-13-9(12)5-7;4-3-1-5-6-2-3/h2-3,5-7,20H,4,8H2,1H3;2-3,5,15H,4,6H2,1H3;1-2H,(H,5,6)/t13-;10-;/m00./s1. The molecule has 3 N–H and O–H groups in total. The Labute approximate surface area is 252 Å². The lowest BCUT2D eigenvalue weighted by molar-refractivity contribution is -0.136. The molecule has 0 aliphatic heterocycles. The van der Waals surface area contributed by atoms with E-state index < -0.39 is 22.8 Å². The number of H-pyrrole nitrogens is 1. The van der Waals surface area contributed by atoms with E-state index in [0.29, 0.717) is 10.7 Å². The van der Waals surface area contributed by atoms with Gasteiger partial charge in [0.15, 0.2) is 23.2 Å². The first-order valence-electron chi connectivity index (χ1n) is 11.8. The van der Waals surface area contributed by atoms with Gasteiger partial charge in [0, 0.05) is 30.6 Å². The maximum absolute atomic E-state index is 12.8. The van der Waals surface area contributed by atoms with Gasteiger partial charge in [-0.3, -0.25) is 19.4 Å². The number of hydrogen-bond donors (Lipinski definition) is 3. The first kappa shape index (κ1) is 34.1. The van der Waals surface area contributed by atoms with E-state index >= 15 is 0 Å². The van der Waals surface area contributed by atoms with Crippen molar-refractivity contribution >= 4 is 50.7 Å². The number of aliphatic hydroxyl groups is 2. The summed E-state index contributed by atoms with van der Waals surface area (Å²) in [5.41, 5.74) is -1.58. The number of ketones is 2. The second kappa shape index (κ2) is 15.8. The van der Waals surface area contributed by atoms with Gasteiger partial charge < -0.3 is 10.2 Å². The number of aromatic amines is 1. The summed E-state index contributed by atoms with van der Waals surface area (Å²) in [7, 11) is 0. The molecule has 10 nitrogen and oxygen atoms in total. The van der Waals surface area contributed by atoms with Crippen LogP contribution in [0.4, 0.5) is 8.78 Å². The summed E-state index contributed by atoms with van der Waals surface area (Å²) in [6.45, 7) is 2.74. The van der Waals surface area contributed by atoms with Gasteiger partial charge in [0.1, 0.15) is 21.5 Å². The van der Waals surface area contributed by atoms with Crippen LogP contribution < -0.4 is 0 Å².